The highest BCUT2D eigenvalue weighted by Crippen LogP contribution is 2.16. The average molecular weight is 347 g/mol. The lowest BCUT2D eigenvalue weighted by molar-refractivity contribution is 0.949. The Labute approximate surface area is 110 Å². The van der Waals surface area contributed by atoms with E-state index in [-0.39, 0.29) is 34.0 Å². The molecule has 0 aliphatic carbocycles. The van der Waals surface area contributed by atoms with Gasteiger partial charge in [0.05, 0.1) is 12.0 Å². The summed E-state index contributed by atoms with van der Waals surface area (Å²) >= 11 is 1.84. The van der Waals surface area contributed by atoms with E-state index in [0.29, 0.717) is 5.25 Å². The van der Waals surface area contributed by atoms with Crippen molar-refractivity contribution in [3.63, 3.8) is 0 Å². The number of aromatic nitrogens is 2. The summed E-state index contributed by atoms with van der Waals surface area (Å²) in [7, 11) is 0. The Morgan fingerprint density at radius 1 is 1.57 bits per heavy atom. The van der Waals surface area contributed by atoms with Crippen LogP contribution in [0.25, 0.3) is 0 Å². The molecular weight excluding hydrogens is 330 g/mol. The highest BCUT2D eigenvalue weighted by Gasteiger charge is 2.04. The van der Waals surface area contributed by atoms with Crippen LogP contribution >= 0.6 is 45.7 Å². The van der Waals surface area contributed by atoms with E-state index in [9.17, 15) is 0 Å². The summed E-state index contributed by atoms with van der Waals surface area (Å²) in [6.07, 6.45) is 1.73. The monoisotopic (exact) mass is 345 g/mol. The molecule has 0 radical (unpaired) electrons. The van der Waals surface area contributed by atoms with Crippen LogP contribution in [-0.4, -0.2) is 21.8 Å². The Bertz CT molecular complexity index is 242. The van der Waals surface area contributed by atoms with Crippen molar-refractivity contribution in [1.29, 1.82) is 0 Å². The zero-order valence-corrected chi connectivity index (χ0v) is 12.6. The third-order valence-corrected chi connectivity index (χ3v) is 2.97. The van der Waals surface area contributed by atoms with E-state index in [1.165, 1.54) is 0 Å². The fourth-order valence-electron chi connectivity index (χ4n) is 0.822. The maximum absolute atomic E-state index is 5.50. The minimum absolute atomic E-state index is 0. The average Bonchev–Trinajstić information content (AvgIpc) is 2.47. The van der Waals surface area contributed by atoms with Gasteiger partial charge in [0, 0.05) is 23.2 Å². The highest BCUT2D eigenvalue weighted by molar-refractivity contribution is 8.93. The van der Waals surface area contributed by atoms with E-state index < -0.39 is 0 Å². The van der Waals surface area contributed by atoms with Crippen LogP contribution in [0.1, 0.15) is 18.3 Å². The lowest BCUT2D eigenvalue weighted by Crippen LogP contribution is -2.12. The number of aryl methyl sites for hydroxylation is 1. The normalized spacial score (nSPS) is 11.4. The number of nitrogens with one attached hydrogen (secondary N) is 1. The van der Waals surface area contributed by atoms with Gasteiger partial charge in [-0.2, -0.15) is 11.8 Å². The van der Waals surface area contributed by atoms with Crippen LogP contribution in [0.3, 0.4) is 0 Å². The summed E-state index contributed by atoms with van der Waals surface area (Å²) in [5, 5.41) is 0.515. The van der Waals surface area contributed by atoms with Crippen molar-refractivity contribution in [3.05, 3.63) is 17.7 Å². The van der Waals surface area contributed by atoms with Gasteiger partial charge >= 0.3 is 0 Å². The number of halogens is 2. The van der Waals surface area contributed by atoms with Crippen molar-refractivity contribution in [2.45, 2.75) is 24.9 Å². The fourth-order valence-corrected chi connectivity index (χ4v) is 1.69. The molecule has 14 heavy (non-hydrogen) atoms. The van der Waals surface area contributed by atoms with Crippen molar-refractivity contribution in [2.75, 3.05) is 6.54 Å². The van der Waals surface area contributed by atoms with Gasteiger partial charge in [-0.3, -0.25) is 0 Å². The summed E-state index contributed by atoms with van der Waals surface area (Å²) < 4.78 is 0. The molecule has 1 atom stereocenters. The largest absolute Gasteiger partial charge is 0.348 e. The highest BCUT2D eigenvalue weighted by atomic mass is 79.9. The van der Waals surface area contributed by atoms with Crippen LogP contribution in [0.15, 0.2) is 6.33 Å². The van der Waals surface area contributed by atoms with Gasteiger partial charge in [-0.1, -0.05) is 6.92 Å². The van der Waals surface area contributed by atoms with E-state index in [1.807, 2.05) is 18.7 Å². The summed E-state index contributed by atoms with van der Waals surface area (Å²) in [6.45, 7) is 4.90. The molecule has 0 bridgehead atoms. The van der Waals surface area contributed by atoms with Crippen LogP contribution < -0.4 is 5.73 Å². The Hall–Kier alpha value is 0.480. The van der Waals surface area contributed by atoms with E-state index in [4.69, 9.17) is 5.73 Å². The SMILES string of the molecule is Br.Br.Cc1[nH]cnc1CS[C@@H](C)CN. The third kappa shape index (κ3) is 5.38. The van der Waals surface area contributed by atoms with Crippen molar-refractivity contribution >= 4 is 45.7 Å². The summed E-state index contributed by atoms with van der Waals surface area (Å²) in [4.78, 5) is 7.26. The van der Waals surface area contributed by atoms with Crippen LogP contribution in [0.5, 0.6) is 0 Å². The van der Waals surface area contributed by atoms with Crippen LogP contribution in [-0.2, 0) is 5.75 Å². The zero-order chi connectivity index (χ0) is 8.97. The Balaban J connectivity index is 0. The summed E-state index contributed by atoms with van der Waals surface area (Å²) in [5.41, 5.74) is 7.80. The predicted molar refractivity (Wildman–Crippen MR) is 73.8 cm³/mol. The lowest BCUT2D eigenvalue weighted by atomic mass is 10.4. The second kappa shape index (κ2) is 8.76. The van der Waals surface area contributed by atoms with Gasteiger partial charge in [0.2, 0.25) is 0 Å². The van der Waals surface area contributed by atoms with E-state index in [1.54, 1.807) is 6.33 Å². The van der Waals surface area contributed by atoms with Crippen LogP contribution in [0.2, 0.25) is 0 Å². The van der Waals surface area contributed by atoms with Gasteiger partial charge in [-0.15, -0.1) is 34.0 Å². The van der Waals surface area contributed by atoms with Gasteiger partial charge in [0.25, 0.3) is 0 Å². The molecule has 0 saturated carbocycles. The van der Waals surface area contributed by atoms with Gasteiger partial charge in [-0.05, 0) is 6.92 Å². The third-order valence-electron chi connectivity index (χ3n) is 1.77. The van der Waals surface area contributed by atoms with Gasteiger partial charge in [0.1, 0.15) is 0 Å². The molecule has 1 rings (SSSR count). The number of thioether (sulfide) groups is 1. The number of aromatic amines is 1. The molecule has 0 aromatic carbocycles. The number of imidazole rings is 1. The standard InChI is InChI=1S/C8H15N3S.2BrH/c1-6(3-9)12-4-8-7(2)10-5-11-8;;/h5-6H,3-4,9H2,1-2H3,(H,10,11);2*1H/t6-;;/m0../s1. The topological polar surface area (TPSA) is 54.7 Å². The van der Waals surface area contributed by atoms with Crippen molar-refractivity contribution in [1.82, 2.24) is 9.97 Å². The molecular formula is C8H17Br2N3S. The Kier molecular flexibility index (Phi) is 10.6. The van der Waals surface area contributed by atoms with Crippen LogP contribution in [0.4, 0.5) is 0 Å². The number of H-pyrrole nitrogens is 1. The molecule has 0 aliphatic rings. The molecule has 1 aromatic rings. The Morgan fingerprint density at radius 2 is 2.21 bits per heavy atom. The first-order chi connectivity index (χ1) is 5.74. The molecule has 0 unspecified atom stereocenters. The van der Waals surface area contributed by atoms with Crippen molar-refractivity contribution in [3.8, 4) is 0 Å². The van der Waals surface area contributed by atoms with Gasteiger partial charge in [-0.25, -0.2) is 4.98 Å². The molecule has 0 saturated heterocycles. The van der Waals surface area contributed by atoms with E-state index in [0.717, 1.165) is 23.7 Å². The molecule has 6 heteroatoms. The molecule has 3 nitrogen and oxygen atoms in total. The molecule has 84 valence electrons. The molecule has 0 amide bonds. The quantitative estimate of drug-likeness (QED) is 0.880. The smallest absolute Gasteiger partial charge is 0.0925 e. The van der Waals surface area contributed by atoms with E-state index >= 15 is 0 Å². The van der Waals surface area contributed by atoms with Gasteiger partial charge < -0.3 is 10.7 Å². The number of hydrogen-bond donors (Lipinski definition) is 2. The summed E-state index contributed by atoms with van der Waals surface area (Å²) in [6, 6.07) is 0. The minimum atomic E-state index is 0. The van der Waals surface area contributed by atoms with Crippen LogP contribution in [0, 0.1) is 6.92 Å². The second-order valence-electron chi connectivity index (χ2n) is 2.83. The van der Waals surface area contributed by atoms with Gasteiger partial charge in [0.15, 0.2) is 0 Å². The molecule has 3 N–H and O–H groups in total. The molecule has 0 fully saturated rings. The van der Waals surface area contributed by atoms with Crippen molar-refractivity contribution < 1.29 is 0 Å². The first kappa shape index (κ1) is 16.9. The summed E-state index contributed by atoms with van der Waals surface area (Å²) in [5.74, 6) is 0.952. The Morgan fingerprint density at radius 3 is 2.64 bits per heavy atom. The fraction of sp³-hybridized carbons (Fsp3) is 0.625. The molecule has 0 spiro atoms. The molecule has 1 aromatic heterocycles. The first-order valence-electron chi connectivity index (χ1n) is 4.04. The number of hydrogen-bond acceptors (Lipinski definition) is 3. The van der Waals surface area contributed by atoms with Crippen molar-refractivity contribution in [2.24, 2.45) is 5.73 Å². The first-order valence-corrected chi connectivity index (χ1v) is 5.09. The lowest BCUT2D eigenvalue weighted by Gasteiger charge is -2.06. The second-order valence-corrected chi connectivity index (χ2v) is 4.26. The molecule has 0 aliphatic heterocycles. The maximum atomic E-state index is 5.50. The predicted octanol–water partition coefficient (Wildman–Crippen LogP) is 2.45. The minimum Gasteiger partial charge on any atom is -0.348 e. The number of rotatable bonds is 4. The maximum Gasteiger partial charge on any atom is 0.0925 e. The number of nitrogens with two attached hydrogens (primary N) is 1. The number of nitrogens with zero attached hydrogens (tertiary/aromatic N) is 1. The van der Waals surface area contributed by atoms with E-state index in [2.05, 4.69) is 16.9 Å². The zero-order valence-electron chi connectivity index (χ0n) is 8.32. The molecule has 1 heterocycles.